The van der Waals surface area contributed by atoms with Crippen molar-refractivity contribution in [1.82, 2.24) is 0 Å². The Morgan fingerprint density at radius 3 is 1.11 bits per heavy atom. The molecule has 0 atom stereocenters. The predicted octanol–water partition coefficient (Wildman–Crippen LogP) is 6.82. The van der Waals surface area contributed by atoms with Crippen molar-refractivity contribution < 1.29 is 15.0 Å². The molecule has 0 aliphatic rings. The number of rotatable bonds is 6. The zero-order valence-electron chi connectivity index (χ0n) is 18.4. The van der Waals surface area contributed by atoms with Gasteiger partial charge in [-0.15, -0.1) is 0 Å². The van der Waals surface area contributed by atoms with E-state index in [1.807, 2.05) is 67.5 Å². The van der Waals surface area contributed by atoms with Crippen LogP contribution in [0, 0.1) is 0 Å². The lowest BCUT2D eigenvalue weighted by atomic mass is 9.83. The monoisotopic (exact) mass is 382 g/mol. The number of benzene rings is 2. The molecule has 0 fully saturated rings. The lowest BCUT2D eigenvalue weighted by Crippen LogP contribution is -2.12. The van der Waals surface area contributed by atoms with E-state index >= 15 is 0 Å². The molecule has 28 heavy (non-hydrogen) atoms. The SMILES string of the molecule is CC(C)c1cc(C(=O)c2cc(C(C)C)c(O)cc2C(C)C)c(C(C)C)cc1O. The molecule has 0 bridgehead atoms. The highest BCUT2D eigenvalue weighted by molar-refractivity contribution is 6.11. The van der Waals surface area contributed by atoms with Crippen LogP contribution in [0.4, 0.5) is 0 Å². The molecule has 0 amide bonds. The van der Waals surface area contributed by atoms with Gasteiger partial charge in [0.05, 0.1) is 0 Å². The third-order valence-corrected chi connectivity index (χ3v) is 5.37. The van der Waals surface area contributed by atoms with Gasteiger partial charge >= 0.3 is 0 Å². The van der Waals surface area contributed by atoms with Crippen LogP contribution in [0.1, 0.15) is 117 Å². The lowest BCUT2D eigenvalue weighted by Gasteiger charge is -2.21. The molecule has 0 aliphatic carbocycles. The number of carbonyl (C=O) groups excluding carboxylic acids is 1. The number of ketones is 1. The van der Waals surface area contributed by atoms with Gasteiger partial charge in [0, 0.05) is 11.1 Å². The first-order chi connectivity index (χ1) is 13.0. The van der Waals surface area contributed by atoms with E-state index in [0.717, 1.165) is 22.3 Å². The van der Waals surface area contributed by atoms with Gasteiger partial charge in [-0.05, 0) is 70.2 Å². The van der Waals surface area contributed by atoms with Gasteiger partial charge in [-0.2, -0.15) is 0 Å². The maximum atomic E-state index is 13.7. The van der Waals surface area contributed by atoms with Gasteiger partial charge in [0.1, 0.15) is 11.5 Å². The Labute approximate surface area is 169 Å². The third-order valence-electron chi connectivity index (χ3n) is 5.37. The molecule has 0 aromatic heterocycles. The van der Waals surface area contributed by atoms with E-state index < -0.39 is 0 Å². The topological polar surface area (TPSA) is 57.5 Å². The minimum Gasteiger partial charge on any atom is -0.508 e. The fourth-order valence-corrected chi connectivity index (χ4v) is 3.66. The summed E-state index contributed by atoms with van der Waals surface area (Å²) in [6, 6.07) is 7.19. The summed E-state index contributed by atoms with van der Waals surface area (Å²) in [6.07, 6.45) is 0. The van der Waals surface area contributed by atoms with Gasteiger partial charge in [-0.1, -0.05) is 55.4 Å². The van der Waals surface area contributed by atoms with Crippen LogP contribution in [0.3, 0.4) is 0 Å². The van der Waals surface area contributed by atoms with Crippen LogP contribution in [0.15, 0.2) is 24.3 Å². The first-order valence-corrected chi connectivity index (χ1v) is 10.2. The Kier molecular flexibility index (Phi) is 6.59. The highest BCUT2D eigenvalue weighted by Gasteiger charge is 2.24. The first-order valence-electron chi connectivity index (χ1n) is 10.2. The molecule has 0 radical (unpaired) electrons. The average Bonchev–Trinajstić information content (AvgIpc) is 2.59. The summed E-state index contributed by atoms with van der Waals surface area (Å²) in [5, 5.41) is 20.9. The van der Waals surface area contributed by atoms with Crippen LogP contribution in [0.25, 0.3) is 0 Å². The number of aromatic hydroxyl groups is 2. The smallest absolute Gasteiger partial charge is 0.193 e. The molecular weight excluding hydrogens is 348 g/mol. The molecule has 0 saturated carbocycles. The van der Waals surface area contributed by atoms with Crippen molar-refractivity contribution in [3.05, 3.63) is 57.6 Å². The van der Waals surface area contributed by atoms with Crippen molar-refractivity contribution in [2.45, 2.75) is 79.1 Å². The van der Waals surface area contributed by atoms with E-state index in [0.29, 0.717) is 11.1 Å². The summed E-state index contributed by atoms with van der Waals surface area (Å²) in [5.74, 6) is 0.884. The number of phenols is 2. The molecule has 2 rings (SSSR count). The van der Waals surface area contributed by atoms with Crippen molar-refractivity contribution in [2.24, 2.45) is 0 Å². The van der Waals surface area contributed by atoms with Crippen molar-refractivity contribution in [2.75, 3.05) is 0 Å². The number of hydrogen-bond donors (Lipinski definition) is 2. The van der Waals surface area contributed by atoms with Crippen LogP contribution in [-0.2, 0) is 0 Å². The molecule has 2 aromatic carbocycles. The Morgan fingerprint density at radius 2 is 0.857 bits per heavy atom. The Morgan fingerprint density at radius 1 is 0.571 bits per heavy atom. The highest BCUT2D eigenvalue weighted by Crippen LogP contribution is 2.37. The average molecular weight is 383 g/mol. The molecule has 0 saturated heterocycles. The van der Waals surface area contributed by atoms with E-state index in [1.54, 1.807) is 12.1 Å². The molecule has 3 nitrogen and oxygen atoms in total. The van der Waals surface area contributed by atoms with E-state index in [4.69, 9.17) is 0 Å². The van der Waals surface area contributed by atoms with E-state index in [9.17, 15) is 15.0 Å². The Bertz CT molecular complexity index is 802. The van der Waals surface area contributed by atoms with Crippen molar-refractivity contribution in [3.63, 3.8) is 0 Å². The summed E-state index contributed by atoms with van der Waals surface area (Å²) >= 11 is 0. The predicted molar refractivity (Wildman–Crippen MR) is 116 cm³/mol. The number of hydrogen-bond acceptors (Lipinski definition) is 3. The minimum absolute atomic E-state index is 0.0452. The molecule has 2 N–H and O–H groups in total. The van der Waals surface area contributed by atoms with Crippen LogP contribution in [0.2, 0.25) is 0 Å². The molecule has 152 valence electrons. The van der Waals surface area contributed by atoms with Crippen molar-refractivity contribution in [3.8, 4) is 11.5 Å². The van der Waals surface area contributed by atoms with Gasteiger partial charge in [0.15, 0.2) is 5.78 Å². The second-order valence-electron chi connectivity index (χ2n) is 8.94. The van der Waals surface area contributed by atoms with Crippen LogP contribution in [-0.4, -0.2) is 16.0 Å². The molecular formula is C25H34O3. The molecule has 3 heteroatoms. The zero-order valence-corrected chi connectivity index (χ0v) is 18.4. The molecule has 2 aromatic rings. The van der Waals surface area contributed by atoms with Crippen molar-refractivity contribution >= 4 is 5.78 Å². The summed E-state index contributed by atoms with van der Waals surface area (Å²) in [4.78, 5) is 13.7. The Balaban J connectivity index is 2.78. The molecule has 0 unspecified atom stereocenters. The first kappa shape index (κ1) is 22.0. The second-order valence-corrected chi connectivity index (χ2v) is 8.94. The fraction of sp³-hybridized carbons (Fsp3) is 0.480. The van der Waals surface area contributed by atoms with E-state index in [1.165, 1.54) is 0 Å². The van der Waals surface area contributed by atoms with E-state index in [-0.39, 0.29) is 41.0 Å². The summed E-state index contributed by atoms with van der Waals surface area (Å²) in [6.45, 7) is 16.1. The summed E-state index contributed by atoms with van der Waals surface area (Å²) < 4.78 is 0. The molecule has 0 heterocycles. The standard InChI is InChI=1S/C25H34O3/c1-13(2)17-11-23(26)19(15(5)6)9-21(17)25(28)22-10-20(16(7)8)24(27)12-18(22)14(3)4/h9-16,26-27H,1-8H3. The normalized spacial score (nSPS) is 11.9. The summed E-state index contributed by atoms with van der Waals surface area (Å²) in [7, 11) is 0. The van der Waals surface area contributed by atoms with Crippen LogP contribution < -0.4 is 0 Å². The number of phenolic OH excluding ortho intramolecular Hbond substituents is 2. The van der Waals surface area contributed by atoms with Crippen LogP contribution in [0.5, 0.6) is 11.5 Å². The second kappa shape index (κ2) is 8.38. The maximum Gasteiger partial charge on any atom is 0.193 e. The van der Waals surface area contributed by atoms with Gasteiger partial charge in [-0.3, -0.25) is 4.79 Å². The minimum atomic E-state index is -0.0452. The quantitative estimate of drug-likeness (QED) is 0.539. The fourth-order valence-electron chi connectivity index (χ4n) is 3.66. The van der Waals surface area contributed by atoms with Gasteiger partial charge < -0.3 is 10.2 Å². The largest absolute Gasteiger partial charge is 0.508 e. The highest BCUT2D eigenvalue weighted by atomic mass is 16.3. The third kappa shape index (κ3) is 4.24. The lowest BCUT2D eigenvalue weighted by molar-refractivity contribution is 0.103. The van der Waals surface area contributed by atoms with E-state index in [2.05, 4.69) is 0 Å². The van der Waals surface area contributed by atoms with Crippen LogP contribution >= 0.6 is 0 Å². The van der Waals surface area contributed by atoms with Gasteiger partial charge in [-0.25, -0.2) is 0 Å². The number of carbonyl (C=O) groups is 1. The maximum absolute atomic E-state index is 13.7. The summed E-state index contributed by atoms with van der Waals surface area (Å²) in [5.41, 5.74) is 4.53. The van der Waals surface area contributed by atoms with Crippen molar-refractivity contribution in [1.29, 1.82) is 0 Å². The Hall–Kier alpha value is -2.29. The molecule has 0 aliphatic heterocycles. The van der Waals surface area contributed by atoms with Gasteiger partial charge in [0.2, 0.25) is 0 Å². The molecule has 0 spiro atoms. The van der Waals surface area contributed by atoms with Gasteiger partial charge in [0.25, 0.3) is 0 Å². The zero-order chi connectivity index (χ0) is 21.3.